The largest absolute Gasteiger partial charge is 0.456 e. The number of rotatable bonds is 6. The van der Waals surface area contributed by atoms with Crippen molar-refractivity contribution in [1.82, 2.24) is 9.80 Å². The maximum absolute atomic E-state index is 11.9. The normalized spacial score (nSPS) is 15.1. The van der Waals surface area contributed by atoms with Crippen molar-refractivity contribution in [2.75, 3.05) is 39.3 Å². The van der Waals surface area contributed by atoms with E-state index in [9.17, 15) is 19.7 Å². The Morgan fingerprint density at radius 3 is 2.33 bits per heavy atom. The molecular weight excluding hydrogens is 314 g/mol. The van der Waals surface area contributed by atoms with Gasteiger partial charge in [-0.3, -0.25) is 24.6 Å². The van der Waals surface area contributed by atoms with E-state index in [4.69, 9.17) is 4.74 Å². The molecule has 0 radical (unpaired) electrons. The maximum atomic E-state index is 11.9. The van der Waals surface area contributed by atoms with Crippen LogP contribution in [0.1, 0.15) is 12.5 Å². The molecule has 1 fully saturated rings. The zero-order chi connectivity index (χ0) is 17.5. The molecule has 2 rings (SSSR count). The fraction of sp³-hybridized carbons (Fsp3) is 0.500. The van der Waals surface area contributed by atoms with Gasteiger partial charge in [0.2, 0.25) is 0 Å². The molecule has 1 aliphatic heterocycles. The fourth-order valence-corrected chi connectivity index (χ4v) is 2.55. The van der Waals surface area contributed by atoms with Gasteiger partial charge >= 0.3 is 5.97 Å². The van der Waals surface area contributed by atoms with Crippen molar-refractivity contribution in [3.05, 3.63) is 39.9 Å². The summed E-state index contributed by atoms with van der Waals surface area (Å²) < 4.78 is 4.72. The van der Waals surface area contributed by atoms with Gasteiger partial charge in [-0.05, 0) is 12.0 Å². The number of hydrogen-bond donors (Lipinski definition) is 0. The molecule has 130 valence electrons. The first-order valence-electron chi connectivity index (χ1n) is 7.82. The lowest BCUT2D eigenvalue weighted by Gasteiger charge is -2.34. The molecule has 1 aromatic rings. The van der Waals surface area contributed by atoms with E-state index in [1.807, 2.05) is 0 Å². The van der Waals surface area contributed by atoms with Gasteiger partial charge in [-0.1, -0.05) is 12.1 Å². The number of nitrogens with zero attached hydrogens (tertiary/aromatic N) is 3. The van der Waals surface area contributed by atoms with Crippen molar-refractivity contribution >= 4 is 17.6 Å². The highest BCUT2D eigenvalue weighted by Crippen LogP contribution is 2.13. The van der Waals surface area contributed by atoms with E-state index in [-0.39, 0.29) is 18.2 Å². The van der Waals surface area contributed by atoms with Gasteiger partial charge in [-0.25, -0.2) is 0 Å². The number of hydrogen-bond acceptors (Lipinski definition) is 6. The van der Waals surface area contributed by atoms with Crippen LogP contribution in [0, 0.1) is 10.1 Å². The molecule has 0 atom stereocenters. The molecule has 0 N–H and O–H groups in total. The Labute approximate surface area is 140 Å². The first-order chi connectivity index (χ1) is 11.5. The summed E-state index contributed by atoms with van der Waals surface area (Å²) in [6.07, 6.45) is 0.805. The average Bonchev–Trinajstić information content (AvgIpc) is 2.58. The van der Waals surface area contributed by atoms with Gasteiger partial charge in [0.05, 0.1) is 4.92 Å². The summed E-state index contributed by atoms with van der Waals surface area (Å²) in [5.74, 6) is -0.620. The molecule has 0 aromatic heterocycles. The number of carbonyl (C=O) groups excluding carboxylic acids is 2. The van der Waals surface area contributed by atoms with Gasteiger partial charge in [0.25, 0.3) is 11.6 Å². The molecule has 8 nitrogen and oxygen atoms in total. The minimum atomic E-state index is -0.454. The predicted molar refractivity (Wildman–Crippen MR) is 86.5 cm³/mol. The molecule has 1 saturated heterocycles. The van der Waals surface area contributed by atoms with Gasteiger partial charge < -0.3 is 9.64 Å². The topological polar surface area (TPSA) is 93.0 Å². The summed E-state index contributed by atoms with van der Waals surface area (Å²) >= 11 is 0. The van der Waals surface area contributed by atoms with Crippen molar-refractivity contribution in [3.8, 4) is 0 Å². The average molecular weight is 335 g/mol. The maximum Gasteiger partial charge on any atom is 0.303 e. The van der Waals surface area contributed by atoms with E-state index < -0.39 is 10.9 Å². The van der Waals surface area contributed by atoms with Crippen LogP contribution in [-0.2, 0) is 20.7 Å². The third kappa shape index (κ3) is 5.31. The first-order valence-corrected chi connectivity index (χ1v) is 7.82. The number of esters is 1. The lowest BCUT2D eigenvalue weighted by Crippen LogP contribution is -2.50. The summed E-state index contributed by atoms with van der Waals surface area (Å²) in [6, 6.07) is 6.58. The second kappa shape index (κ2) is 8.39. The number of nitro benzene ring substituents is 1. The Balaban J connectivity index is 1.72. The molecule has 0 unspecified atom stereocenters. The standard InChI is InChI=1S/C16H21N3O5/c1-13(20)24-12-16(21)18-10-8-17(9-11-18)7-6-14-2-4-15(5-3-14)19(22)23/h2-5H,6-12H2,1H3. The van der Waals surface area contributed by atoms with E-state index >= 15 is 0 Å². The quantitative estimate of drug-likeness (QED) is 0.434. The number of piperazine rings is 1. The minimum Gasteiger partial charge on any atom is -0.456 e. The summed E-state index contributed by atoms with van der Waals surface area (Å²) in [5.41, 5.74) is 1.15. The number of benzene rings is 1. The molecule has 1 amide bonds. The first kappa shape index (κ1) is 17.9. The van der Waals surface area contributed by atoms with Crippen molar-refractivity contribution in [2.45, 2.75) is 13.3 Å². The lowest BCUT2D eigenvalue weighted by molar-refractivity contribution is -0.384. The number of amides is 1. The molecule has 0 bridgehead atoms. The Bertz CT molecular complexity index is 594. The summed E-state index contributed by atoms with van der Waals surface area (Å²) in [7, 11) is 0. The number of nitro groups is 1. The van der Waals surface area contributed by atoms with Gasteiger partial charge in [0.15, 0.2) is 6.61 Å². The molecular formula is C16H21N3O5. The molecule has 0 spiro atoms. The van der Waals surface area contributed by atoms with Gasteiger partial charge in [-0.2, -0.15) is 0 Å². The molecule has 1 heterocycles. The van der Waals surface area contributed by atoms with Gasteiger partial charge in [0, 0.05) is 51.8 Å². The van der Waals surface area contributed by atoms with E-state index in [1.54, 1.807) is 17.0 Å². The minimum absolute atomic E-state index is 0.0960. The van der Waals surface area contributed by atoms with E-state index in [0.717, 1.165) is 31.6 Å². The van der Waals surface area contributed by atoms with E-state index in [1.165, 1.54) is 19.1 Å². The van der Waals surface area contributed by atoms with Crippen molar-refractivity contribution in [2.24, 2.45) is 0 Å². The third-order valence-corrected chi connectivity index (χ3v) is 3.99. The Hall–Kier alpha value is -2.48. The van der Waals surface area contributed by atoms with Crippen LogP contribution in [0.25, 0.3) is 0 Å². The highest BCUT2D eigenvalue weighted by molar-refractivity contribution is 5.80. The summed E-state index contributed by atoms with van der Waals surface area (Å²) in [4.78, 5) is 36.7. The monoisotopic (exact) mass is 335 g/mol. The van der Waals surface area contributed by atoms with Gasteiger partial charge in [0.1, 0.15) is 0 Å². The van der Waals surface area contributed by atoms with Crippen LogP contribution in [-0.4, -0.2) is 65.9 Å². The van der Waals surface area contributed by atoms with Gasteiger partial charge in [-0.15, -0.1) is 0 Å². The van der Waals surface area contributed by atoms with Crippen LogP contribution in [0.3, 0.4) is 0 Å². The molecule has 24 heavy (non-hydrogen) atoms. The Kier molecular flexibility index (Phi) is 6.25. The molecule has 8 heteroatoms. The van der Waals surface area contributed by atoms with Crippen LogP contribution in [0.2, 0.25) is 0 Å². The summed E-state index contributed by atoms with van der Waals surface area (Å²) in [6.45, 7) is 4.67. The zero-order valence-electron chi connectivity index (χ0n) is 13.6. The van der Waals surface area contributed by atoms with E-state index in [2.05, 4.69) is 4.90 Å². The smallest absolute Gasteiger partial charge is 0.303 e. The Morgan fingerprint density at radius 1 is 1.17 bits per heavy atom. The van der Waals surface area contributed by atoms with Crippen LogP contribution in [0.15, 0.2) is 24.3 Å². The second-order valence-electron chi connectivity index (χ2n) is 5.68. The van der Waals surface area contributed by atoms with Crippen molar-refractivity contribution in [3.63, 3.8) is 0 Å². The lowest BCUT2D eigenvalue weighted by atomic mass is 10.1. The predicted octanol–water partition coefficient (Wildman–Crippen LogP) is 0.845. The number of carbonyl (C=O) groups is 2. The number of ether oxygens (including phenoxy) is 1. The van der Waals surface area contributed by atoms with Crippen LogP contribution in [0.5, 0.6) is 0 Å². The third-order valence-electron chi connectivity index (χ3n) is 3.99. The van der Waals surface area contributed by atoms with Crippen molar-refractivity contribution < 1.29 is 19.2 Å². The molecule has 1 aromatic carbocycles. The fourth-order valence-electron chi connectivity index (χ4n) is 2.55. The Morgan fingerprint density at radius 2 is 1.79 bits per heavy atom. The summed E-state index contributed by atoms with van der Waals surface area (Å²) in [5, 5.41) is 10.6. The highest BCUT2D eigenvalue weighted by Gasteiger charge is 2.21. The van der Waals surface area contributed by atoms with Crippen LogP contribution < -0.4 is 0 Å². The molecule has 0 aliphatic carbocycles. The second-order valence-corrected chi connectivity index (χ2v) is 5.68. The van der Waals surface area contributed by atoms with E-state index in [0.29, 0.717) is 13.1 Å². The number of non-ortho nitro benzene ring substituents is 1. The zero-order valence-corrected chi connectivity index (χ0v) is 13.6. The van der Waals surface area contributed by atoms with Crippen molar-refractivity contribution in [1.29, 1.82) is 0 Å². The molecule has 0 saturated carbocycles. The van der Waals surface area contributed by atoms with Crippen LogP contribution >= 0.6 is 0 Å². The van der Waals surface area contributed by atoms with Crippen LogP contribution in [0.4, 0.5) is 5.69 Å². The highest BCUT2D eigenvalue weighted by atomic mass is 16.6. The molecule has 1 aliphatic rings. The SMILES string of the molecule is CC(=O)OCC(=O)N1CCN(CCc2ccc([N+](=O)[O-])cc2)CC1.